The summed E-state index contributed by atoms with van der Waals surface area (Å²) in [5.41, 5.74) is 0.416. The molecule has 2 rings (SSSR count). The van der Waals surface area contributed by atoms with Crippen molar-refractivity contribution >= 4 is 23.3 Å². The number of nitro groups is 1. The summed E-state index contributed by atoms with van der Waals surface area (Å²) >= 11 is 0. The Morgan fingerprint density at radius 3 is 2.64 bits per heavy atom. The van der Waals surface area contributed by atoms with Crippen LogP contribution in [0.3, 0.4) is 0 Å². The van der Waals surface area contributed by atoms with E-state index in [2.05, 4.69) is 5.32 Å². The molecular weight excluding hydrogens is 366 g/mol. The number of ether oxygens (including phenoxy) is 2. The van der Waals surface area contributed by atoms with Crippen molar-refractivity contribution in [2.75, 3.05) is 37.7 Å². The molecule has 1 aliphatic heterocycles. The molecule has 154 valence electrons. The first-order valence-electron chi connectivity index (χ1n) is 9.47. The number of nitro benzene ring substituents is 1. The van der Waals surface area contributed by atoms with Gasteiger partial charge in [-0.2, -0.15) is 0 Å². The molecule has 1 saturated heterocycles. The summed E-state index contributed by atoms with van der Waals surface area (Å²) < 4.78 is 10.3. The van der Waals surface area contributed by atoms with Crippen molar-refractivity contribution in [3.8, 4) is 0 Å². The Labute approximate surface area is 164 Å². The molecule has 28 heavy (non-hydrogen) atoms. The highest BCUT2D eigenvalue weighted by Crippen LogP contribution is 2.31. The minimum Gasteiger partial charge on any atom is -0.452 e. The Morgan fingerprint density at radius 1 is 1.29 bits per heavy atom. The van der Waals surface area contributed by atoms with E-state index in [0.29, 0.717) is 25.3 Å². The number of anilines is 1. The number of hydrogen-bond donors (Lipinski definition) is 1. The minimum absolute atomic E-state index is 0.0489. The quantitative estimate of drug-likeness (QED) is 0.281. The monoisotopic (exact) mass is 393 g/mol. The third-order valence-electron chi connectivity index (χ3n) is 4.28. The molecule has 0 radical (unpaired) electrons. The molecular formula is C19H27N3O6. The van der Waals surface area contributed by atoms with Crippen molar-refractivity contribution in [3.05, 3.63) is 33.9 Å². The van der Waals surface area contributed by atoms with Crippen LogP contribution in [-0.2, 0) is 14.3 Å². The summed E-state index contributed by atoms with van der Waals surface area (Å²) in [5, 5.41) is 14.0. The lowest BCUT2D eigenvalue weighted by Gasteiger charge is -2.17. The number of nitrogens with one attached hydrogen (secondary N) is 1. The summed E-state index contributed by atoms with van der Waals surface area (Å²) in [6.07, 6.45) is 2.76. The highest BCUT2D eigenvalue weighted by Gasteiger charge is 2.24. The number of esters is 1. The Bertz CT molecular complexity index is 701. The van der Waals surface area contributed by atoms with Crippen molar-refractivity contribution in [2.45, 2.75) is 39.2 Å². The number of carbonyl (C=O) groups excluding carboxylic acids is 2. The minimum atomic E-state index is -0.769. The van der Waals surface area contributed by atoms with Crippen LogP contribution >= 0.6 is 0 Å². The Kier molecular flexibility index (Phi) is 8.19. The average molecular weight is 393 g/mol. The molecule has 0 aliphatic carbocycles. The van der Waals surface area contributed by atoms with Gasteiger partial charge in [-0.15, -0.1) is 0 Å². The highest BCUT2D eigenvalue weighted by atomic mass is 16.6. The van der Waals surface area contributed by atoms with Crippen LogP contribution in [-0.4, -0.2) is 55.8 Å². The summed E-state index contributed by atoms with van der Waals surface area (Å²) in [6, 6.07) is 4.26. The molecule has 1 amide bonds. The van der Waals surface area contributed by atoms with Crippen LogP contribution in [0.4, 0.5) is 11.4 Å². The van der Waals surface area contributed by atoms with Gasteiger partial charge in [0.2, 0.25) is 0 Å². The van der Waals surface area contributed by atoms with E-state index >= 15 is 0 Å². The third kappa shape index (κ3) is 6.49. The predicted octanol–water partition coefficient (Wildman–Crippen LogP) is 2.28. The Balaban J connectivity index is 1.85. The molecule has 0 aromatic heterocycles. The smallest absolute Gasteiger partial charge is 0.338 e. The highest BCUT2D eigenvalue weighted by molar-refractivity contribution is 5.93. The fourth-order valence-electron chi connectivity index (χ4n) is 2.91. The number of hydrogen-bond acceptors (Lipinski definition) is 7. The summed E-state index contributed by atoms with van der Waals surface area (Å²) in [7, 11) is 0. The van der Waals surface area contributed by atoms with Crippen LogP contribution in [0.15, 0.2) is 18.2 Å². The predicted molar refractivity (Wildman–Crippen MR) is 104 cm³/mol. The Hall–Kier alpha value is -2.68. The van der Waals surface area contributed by atoms with Crippen LogP contribution in [0.5, 0.6) is 0 Å². The molecule has 0 spiro atoms. The standard InChI is InChI=1S/C19H27N3O6/c1-14(2)27-11-5-8-20-18(23)13-28-19(24)15-6-7-16(17(12-15)22(25)26)21-9-3-4-10-21/h6-7,12,14H,3-5,8-11,13H2,1-2H3,(H,20,23). The number of rotatable bonds is 10. The van der Waals surface area contributed by atoms with Gasteiger partial charge in [0, 0.05) is 32.3 Å². The maximum absolute atomic E-state index is 12.1. The fourth-order valence-corrected chi connectivity index (χ4v) is 2.91. The number of benzene rings is 1. The second-order valence-corrected chi connectivity index (χ2v) is 6.85. The van der Waals surface area contributed by atoms with E-state index in [-0.39, 0.29) is 17.4 Å². The van der Waals surface area contributed by atoms with E-state index < -0.39 is 23.4 Å². The van der Waals surface area contributed by atoms with Gasteiger partial charge in [0.05, 0.1) is 16.6 Å². The number of amides is 1. The van der Waals surface area contributed by atoms with E-state index in [4.69, 9.17) is 9.47 Å². The lowest BCUT2D eigenvalue weighted by molar-refractivity contribution is -0.384. The zero-order valence-electron chi connectivity index (χ0n) is 16.3. The van der Waals surface area contributed by atoms with E-state index in [1.165, 1.54) is 12.1 Å². The first-order chi connectivity index (χ1) is 13.4. The summed E-state index contributed by atoms with van der Waals surface area (Å²) in [4.78, 5) is 36.7. The lowest BCUT2D eigenvalue weighted by atomic mass is 10.1. The van der Waals surface area contributed by atoms with Gasteiger partial charge in [-0.25, -0.2) is 4.79 Å². The first-order valence-corrected chi connectivity index (χ1v) is 9.47. The topological polar surface area (TPSA) is 111 Å². The molecule has 9 heteroatoms. The van der Waals surface area contributed by atoms with E-state index in [1.54, 1.807) is 6.07 Å². The van der Waals surface area contributed by atoms with Gasteiger partial charge in [-0.05, 0) is 45.2 Å². The van der Waals surface area contributed by atoms with Crippen LogP contribution in [0.25, 0.3) is 0 Å². The molecule has 1 aromatic carbocycles. The van der Waals surface area contributed by atoms with Crippen molar-refractivity contribution in [1.82, 2.24) is 5.32 Å². The summed E-state index contributed by atoms with van der Waals surface area (Å²) in [6.45, 7) is 5.88. The molecule has 1 fully saturated rings. The molecule has 0 saturated carbocycles. The number of nitrogens with zero attached hydrogens (tertiary/aromatic N) is 2. The van der Waals surface area contributed by atoms with Gasteiger partial charge < -0.3 is 19.7 Å². The zero-order chi connectivity index (χ0) is 20.5. The van der Waals surface area contributed by atoms with Crippen molar-refractivity contribution < 1.29 is 24.0 Å². The van der Waals surface area contributed by atoms with Crippen LogP contribution in [0, 0.1) is 10.1 Å². The molecule has 1 aromatic rings. The molecule has 0 bridgehead atoms. The van der Waals surface area contributed by atoms with Gasteiger partial charge in [-0.1, -0.05) is 0 Å². The van der Waals surface area contributed by atoms with Gasteiger partial charge in [-0.3, -0.25) is 14.9 Å². The van der Waals surface area contributed by atoms with Crippen LogP contribution < -0.4 is 10.2 Å². The maximum atomic E-state index is 12.1. The maximum Gasteiger partial charge on any atom is 0.338 e. The first kappa shape index (κ1) is 21.6. The van der Waals surface area contributed by atoms with Crippen LogP contribution in [0.1, 0.15) is 43.5 Å². The van der Waals surface area contributed by atoms with Gasteiger partial charge in [0.1, 0.15) is 5.69 Å². The van der Waals surface area contributed by atoms with Crippen molar-refractivity contribution in [2.24, 2.45) is 0 Å². The molecule has 1 aliphatic rings. The molecule has 1 heterocycles. The second-order valence-electron chi connectivity index (χ2n) is 6.85. The normalized spacial score (nSPS) is 13.6. The zero-order valence-corrected chi connectivity index (χ0v) is 16.3. The fraction of sp³-hybridized carbons (Fsp3) is 0.579. The second kappa shape index (κ2) is 10.6. The number of carbonyl (C=O) groups is 2. The molecule has 0 unspecified atom stereocenters. The van der Waals surface area contributed by atoms with Gasteiger partial charge >= 0.3 is 5.97 Å². The average Bonchev–Trinajstić information content (AvgIpc) is 3.19. The van der Waals surface area contributed by atoms with Crippen LogP contribution in [0.2, 0.25) is 0 Å². The SMILES string of the molecule is CC(C)OCCCNC(=O)COC(=O)c1ccc(N2CCCC2)c([N+](=O)[O-])c1. The summed E-state index contributed by atoms with van der Waals surface area (Å²) in [5.74, 6) is -1.20. The molecule has 1 N–H and O–H groups in total. The molecule has 9 nitrogen and oxygen atoms in total. The van der Waals surface area contributed by atoms with E-state index in [9.17, 15) is 19.7 Å². The Morgan fingerprint density at radius 2 is 2.00 bits per heavy atom. The third-order valence-corrected chi connectivity index (χ3v) is 4.28. The van der Waals surface area contributed by atoms with E-state index in [1.807, 2.05) is 18.7 Å². The van der Waals surface area contributed by atoms with Gasteiger partial charge in [0.25, 0.3) is 11.6 Å². The largest absolute Gasteiger partial charge is 0.452 e. The lowest BCUT2D eigenvalue weighted by Crippen LogP contribution is -2.30. The van der Waals surface area contributed by atoms with Crippen molar-refractivity contribution in [1.29, 1.82) is 0 Å². The van der Waals surface area contributed by atoms with E-state index in [0.717, 1.165) is 25.9 Å². The van der Waals surface area contributed by atoms with Gasteiger partial charge in [0.15, 0.2) is 6.61 Å². The molecule has 0 atom stereocenters. The van der Waals surface area contributed by atoms with Crippen molar-refractivity contribution in [3.63, 3.8) is 0 Å².